The number of nitrogens with zero attached hydrogens (tertiary/aromatic N) is 2. The molecule has 1 heterocycles. The minimum atomic E-state index is -0.0895. The van der Waals surface area contributed by atoms with Crippen LogP contribution in [-0.2, 0) is 13.0 Å². The molecule has 0 saturated carbocycles. The van der Waals surface area contributed by atoms with E-state index >= 15 is 0 Å². The second-order valence-corrected chi connectivity index (χ2v) is 4.83. The fourth-order valence-electron chi connectivity index (χ4n) is 2.17. The summed E-state index contributed by atoms with van der Waals surface area (Å²) in [5.74, 6) is -0.0895. The van der Waals surface area contributed by atoms with Gasteiger partial charge in [-0.25, -0.2) is 0 Å². The summed E-state index contributed by atoms with van der Waals surface area (Å²) in [5.41, 5.74) is 2.82. The third-order valence-corrected chi connectivity index (χ3v) is 3.28. The van der Waals surface area contributed by atoms with Crippen molar-refractivity contribution in [1.82, 2.24) is 15.1 Å². The summed E-state index contributed by atoms with van der Waals surface area (Å²) in [6.45, 7) is 5.43. The lowest BCUT2D eigenvalue weighted by molar-refractivity contribution is 0.0947. The van der Waals surface area contributed by atoms with Gasteiger partial charge in [-0.05, 0) is 38.3 Å². The van der Waals surface area contributed by atoms with E-state index in [1.54, 1.807) is 0 Å². The van der Waals surface area contributed by atoms with E-state index in [2.05, 4.69) is 22.5 Å². The van der Waals surface area contributed by atoms with Crippen LogP contribution in [-0.4, -0.2) is 22.2 Å². The zero-order chi connectivity index (χ0) is 14.4. The minimum Gasteiger partial charge on any atom is -0.351 e. The van der Waals surface area contributed by atoms with E-state index in [4.69, 9.17) is 0 Å². The van der Waals surface area contributed by atoms with Gasteiger partial charge in [0.25, 0.3) is 5.91 Å². The predicted octanol–water partition coefficient (Wildman–Crippen LogP) is 2.57. The van der Waals surface area contributed by atoms with E-state index in [-0.39, 0.29) is 5.91 Å². The topological polar surface area (TPSA) is 46.9 Å². The average molecular weight is 271 g/mol. The summed E-state index contributed by atoms with van der Waals surface area (Å²) in [7, 11) is 0. The summed E-state index contributed by atoms with van der Waals surface area (Å²) in [6.07, 6.45) is 1.91. The summed E-state index contributed by atoms with van der Waals surface area (Å²) >= 11 is 0. The molecule has 0 unspecified atom stereocenters. The molecule has 0 aliphatic rings. The van der Waals surface area contributed by atoms with Gasteiger partial charge in [0.05, 0.1) is 0 Å². The standard InChI is InChI=1S/C16H21N3O/c1-3-19-13(2)12-15(18-19)16(20)17-11-7-10-14-8-5-4-6-9-14/h4-6,8-9,12H,3,7,10-11H2,1-2H3,(H,17,20). The Bertz CT molecular complexity index is 560. The first kappa shape index (κ1) is 14.3. The lowest BCUT2D eigenvalue weighted by Crippen LogP contribution is -2.25. The number of hydrogen-bond donors (Lipinski definition) is 1. The van der Waals surface area contributed by atoms with Gasteiger partial charge in [0.2, 0.25) is 0 Å². The zero-order valence-corrected chi connectivity index (χ0v) is 12.1. The van der Waals surface area contributed by atoms with Crippen molar-refractivity contribution < 1.29 is 4.79 Å². The first-order valence-electron chi connectivity index (χ1n) is 7.07. The largest absolute Gasteiger partial charge is 0.351 e. The molecular formula is C16H21N3O. The van der Waals surface area contributed by atoms with Crippen LogP contribution in [0.1, 0.15) is 35.1 Å². The SMILES string of the molecule is CCn1nc(C(=O)NCCCc2ccccc2)cc1C. The number of aryl methyl sites for hydroxylation is 3. The van der Waals surface area contributed by atoms with Crippen molar-refractivity contribution in [3.8, 4) is 0 Å². The third kappa shape index (κ3) is 3.70. The van der Waals surface area contributed by atoms with Crippen molar-refractivity contribution in [2.45, 2.75) is 33.2 Å². The molecule has 4 heteroatoms. The van der Waals surface area contributed by atoms with Gasteiger partial charge >= 0.3 is 0 Å². The highest BCUT2D eigenvalue weighted by atomic mass is 16.1. The Morgan fingerprint density at radius 3 is 2.70 bits per heavy atom. The number of rotatable bonds is 6. The van der Waals surface area contributed by atoms with E-state index in [9.17, 15) is 4.79 Å². The molecule has 0 saturated heterocycles. The van der Waals surface area contributed by atoms with Crippen molar-refractivity contribution >= 4 is 5.91 Å². The monoisotopic (exact) mass is 271 g/mol. The van der Waals surface area contributed by atoms with Crippen LogP contribution in [0.2, 0.25) is 0 Å². The number of hydrogen-bond acceptors (Lipinski definition) is 2. The van der Waals surface area contributed by atoms with Gasteiger partial charge in [-0.2, -0.15) is 5.10 Å². The molecule has 0 spiro atoms. The first-order chi connectivity index (χ1) is 9.70. The second kappa shape index (κ2) is 6.89. The van der Waals surface area contributed by atoms with Gasteiger partial charge in [0.15, 0.2) is 0 Å². The van der Waals surface area contributed by atoms with Crippen molar-refractivity contribution in [3.63, 3.8) is 0 Å². The fourth-order valence-corrected chi connectivity index (χ4v) is 2.17. The quantitative estimate of drug-likeness (QED) is 0.821. The highest BCUT2D eigenvalue weighted by molar-refractivity contribution is 5.92. The predicted molar refractivity (Wildman–Crippen MR) is 79.7 cm³/mol. The fraction of sp³-hybridized carbons (Fsp3) is 0.375. The van der Waals surface area contributed by atoms with Gasteiger partial charge < -0.3 is 5.32 Å². The molecule has 2 aromatic rings. The Hall–Kier alpha value is -2.10. The minimum absolute atomic E-state index is 0.0895. The van der Waals surface area contributed by atoms with Gasteiger partial charge in [-0.3, -0.25) is 9.48 Å². The van der Waals surface area contributed by atoms with Crippen LogP contribution in [0, 0.1) is 6.92 Å². The smallest absolute Gasteiger partial charge is 0.271 e. The molecule has 1 aromatic carbocycles. The number of benzene rings is 1. The molecular weight excluding hydrogens is 250 g/mol. The molecule has 1 amide bonds. The maximum atomic E-state index is 12.0. The molecule has 20 heavy (non-hydrogen) atoms. The van der Waals surface area contributed by atoms with Crippen LogP contribution in [0.4, 0.5) is 0 Å². The van der Waals surface area contributed by atoms with Crippen molar-refractivity contribution in [1.29, 1.82) is 0 Å². The van der Waals surface area contributed by atoms with Gasteiger partial charge in [0.1, 0.15) is 5.69 Å². The van der Waals surface area contributed by atoms with Gasteiger partial charge in [-0.1, -0.05) is 30.3 Å². The van der Waals surface area contributed by atoms with Crippen LogP contribution in [0.3, 0.4) is 0 Å². The Morgan fingerprint density at radius 1 is 1.30 bits per heavy atom. The number of aromatic nitrogens is 2. The third-order valence-electron chi connectivity index (χ3n) is 3.28. The van der Waals surface area contributed by atoms with E-state index < -0.39 is 0 Å². The van der Waals surface area contributed by atoms with E-state index in [0.29, 0.717) is 12.2 Å². The van der Waals surface area contributed by atoms with Gasteiger partial charge in [0, 0.05) is 18.8 Å². The Kier molecular flexibility index (Phi) is 4.93. The maximum Gasteiger partial charge on any atom is 0.271 e. The Balaban J connectivity index is 1.77. The van der Waals surface area contributed by atoms with Crippen molar-refractivity contribution in [2.75, 3.05) is 6.54 Å². The van der Waals surface area contributed by atoms with Crippen LogP contribution < -0.4 is 5.32 Å². The van der Waals surface area contributed by atoms with Crippen LogP contribution in [0.5, 0.6) is 0 Å². The average Bonchev–Trinajstić information content (AvgIpc) is 2.86. The van der Waals surface area contributed by atoms with Crippen LogP contribution in [0.15, 0.2) is 36.4 Å². The molecule has 0 radical (unpaired) electrons. The molecule has 0 bridgehead atoms. The van der Waals surface area contributed by atoms with Crippen molar-refractivity contribution in [3.05, 3.63) is 53.3 Å². The molecule has 106 valence electrons. The molecule has 0 aliphatic carbocycles. The first-order valence-corrected chi connectivity index (χ1v) is 7.07. The second-order valence-electron chi connectivity index (χ2n) is 4.83. The summed E-state index contributed by atoms with van der Waals surface area (Å²) in [5, 5.41) is 7.19. The maximum absolute atomic E-state index is 12.0. The highest BCUT2D eigenvalue weighted by Gasteiger charge is 2.10. The Morgan fingerprint density at radius 2 is 2.05 bits per heavy atom. The lowest BCUT2D eigenvalue weighted by Gasteiger charge is -2.03. The Labute approximate surface area is 119 Å². The molecule has 0 atom stereocenters. The number of nitrogens with one attached hydrogen (secondary N) is 1. The normalized spacial score (nSPS) is 10.5. The highest BCUT2D eigenvalue weighted by Crippen LogP contribution is 2.04. The lowest BCUT2D eigenvalue weighted by atomic mass is 10.1. The molecule has 1 N–H and O–H groups in total. The van der Waals surface area contributed by atoms with E-state index in [1.165, 1.54) is 5.56 Å². The summed E-state index contributed by atoms with van der Waals surface area (Å²) in [6, 6.07) is 12.1. The number of carbonyl (C=O) groups is 1. The molecule has 4 nitrogen and oxygen atoms in total. The number of carbonyl (C=O) groups excluding carboxylic acids is 1. The van der Waals surface area contributed by atoms with E-state index in [0.717, 1.165) is 25.1 Å². The molecule has 1 aromatic heterocycles. The molecule has 2 rings (SSSR count). The van der Waals surface area contributed by atoms with E-state index in [1.807, 2.05) is 42.8 Å². The van der Waals surface area contributed by atoms with Crippen molar-refractivity contribution in [2.24, 2.45) is 0 Å². The summed E-state index contributed by atoms with van der Waals surface area (Å²) in [4.78, 5) is 12.0. The number of amides is 1. The van der Waals surface area contributed by atoms with Crippen LogP contribution in [0.25, 0.3) is 0 Å². The molecule has 0 aliphatic heterocycles. The van der Waals surface area contributed by atoms with Gasteiger partial charge in [-0.15, -0.1) is 0 Å². The molecule has 0 fully saturated rings. The summed E-state index contributed by atoms with van der Waals surface area (Å²) < 4.78 is 1.83. The zero-order valence-electron chi connectivity index (χ0n) is 12.1. The van der Waals surface area contributed by atoms with Crippen LogP contribution >= 0.6 is 0 Å².